The van der Waals surface area contributed by atoms with Gasteiger partial charge in [0.1, 0.15) is 0 Å². The van der Waals surface area contributed by atoms with E-state index < -0.39 is 0 Å². The van der Waals surface area contributed by atoms with E-state index in [1.54, 1.807) is 0 Å². The first-order valence-corrected chi connectivity index (χ1v) is 3.85. The van der Waals surface area contributed by atoms with Crippen molar-refractivity contribution >= 4 is 0 Å². The number of hydrogen-bond donors (Lipinski definition) is 0. The molecule has 0 radical (unpaired) electrons. The van der Waals surface area contributed by atoms with E-state index in [4.69, 9.17) is 0 Å². The molecule has 0 aliphatic carbocycles. The van der Waals surface area contributed by atoms with Crippen LogP contribution in [0.5, 0.6) is 0 Å². The first kappa shape index (κ1) is 11.8. The molecule has 0 heterocycles. The maximum Gasteiger partial charge on any atom is -0.0420 e. The lowest BCUT2D eigenvalue weighted by Gasteiger charge is -2.08. The highest BCUT2D eigenvalue weighted by Gasteiger charge is 1.98. The van der Waals surface area contributed by atoms with Gasteiger partial charge in [-0.05, 0) is 5.92 Å². The lowest BCUT2D eigenvalue weighted by Crippen LogP contribution is -1.94. The lowest BCUT2D eigenvalue weighted by atomic mass is 9.98. The fourth-order valence-electron chi connectivity index (χ4n) is 1.11. The number of hydrogen-bond acceptors (Lipinski definition) is 0. The molecule has 58 valence electrons. The van der Waals surface area contributed by atoms with Crippen LogP contribution < -0.4 is 0 Å². The molecule has 0 saturated heterocycles. The Morgan fingerprint density at radius 1 is 1.00 bits per heavy atom. The molecule has 0 aliphatic heterocycles. The van der Waals surface area contributed by atoms with Crippen molar-refractivity contribution in [3.63, 3.8) is 0 Å². The van der Waals surface area contributed by atoms with Crippen molar-refractivity contribution in [2.75, 3.05) is 0 Å². The minimum Gasteiger partial charge on any atom is -0.0776 e. The average Bonchev–Trinajstić information content (AvgIpc) is 1.83. The summed E-state index contributed by atoms with van der Waals surface area (Å²) in [6, 6.07) is 0. The van der Waals surface area contributed by atoms with E-state index in [0.717, 1.165) is 5.92 Å². The Morgan fingerprint density at radius 2 is 1.44 bits per heavy atom. The number of rotatable bonds is 4. The summed E-state index contributed by atoms with van der Waals surface area (Å²) in [6.45, 7) is 6.83. The summed E-state index contributed by atoms with van der Waals surface area (Å²) in [4.78, 5) is 0. The topological polar surface area (TPSA) is 0 Å². The highest BCUT2D eigenvalue weighted by Crippen LogP contribution is 2.13. The molecule has 0 aliphatic rings. The molecular formula is C9H22. The minimum absolute atomic E-state index is 0. The highest BCUT2D eigenvalue weighted by molar-refractivity contribution is 4.51. The van der Waals surface area contributed by atoms with Crippen molar-refractivity contribution in [2.45, 2.75) is 53.9 Å². The van der Waals surface area contributed by atoms with Crippen LogP contribution in [0.3, 0.4) is 0 Å². The van der Waals surface area contributed by atoms with Gasteiger partial charge in [-0.25, -0.2) is 0 Å². The second-order valence-corrected chi connectivity index (χ2v) is 2.47. The molecule has 0 amide bonds. The zero-order chi connectivity index (χ0) is 6.41. The van der Waals surface area contributed by atoms with Gasteiger partial charge in [0.25, 0.3) is 0 Å². The van der Waals surface area contributed by atoms with Crippen LogP contribution >= 0.6 is 0 Å². The Kier molecular flexibility index (Phi) is 10.4. The van der Waals surface area contributed by atoms with Crippen LogP contribution in [0.2, 0.25) is 0 Å². The van der Waals surface area contributed by atoms with Crippen LogP contribution in [0.25, 0.3) is 0 Å². The standard InChI is InChI=1S/C8H18.CH4/c1-4-7-8(5-2)6-3;/h8H,4-7H2,1-3H3;1H4. The van der Waals surface area contributed by atoms with E-state index in [-0.39, 0.29) is 7.43 Å². The van der Waals surface area contributed by atoms with E-state index in [0.29, 0.717) is 0 Å². The van der Waals surface area contributed by atoms with E-state index in [9.17, 15) is 0 Å². The molecule has 0 rings (SSSR count). The molecule has 9 heavy (non-hydrogen) atoms. The summed E-state index contributed by atoms with van der Waals surface area (Å²) in [5.74, 6) is 1.000. The van der Waals surface area contributed by atoms with E-state index >= 15 is 0 Å². The van der Waals surface area contributed by atoms with Crippen molar-refractivity contribution < 1.29 is 0 Å². The van der Waals surface area contributed by atoms with Gasteiger partial charge in [-0.15, -0.1) is 0 Å². The third kappa shape index (κ3) is 5.88. The van der Waals surface area contributed by atoms with Crippen LogP contribution in [-0.4, -0.2) is 0 Å². The molecule has 0 aromatic carbocycles. The summed E-state index contributed by atoms with van der Waals surface area (Å²) in [5, 5.41) is 0. The molecule has 0 saturated carbocycles. The zero-order valence-electron chi connectivity index (χ0n) is 6.41. The molecule has 0 unspecified atom stereocenters. The SMILES string of the molecule is C.CCCC(CC)CC. The Hall–Kier alpha value is 0. The first-order chi connectivity index (χ1) is 3.85. The monoisotopic (exact) mass is 130 g/mol. The fraction of sp³-hybridized carbons (Fsp3) is 1.00. The van der Waals surface area contributed by atoms with Gasteiger partial charge in [-0.2, -0.15) is 0 Å². The molecule has 0 bridgehead atoms. The van der Waals surface area contributed by atoms with Crippen molar-refractivity contribution in [1.82, 2.24) is 0 Å². The summed E-state index contributed by atoms with van der Waals surface area (Å²) in [7, 11) is 0. The van der Waals surface area contributed by atoms with Crippen molar-refractivity contribution in [1.29, 1.82) is 0 Å². The Balaban J connectivity index is 0. The Bertz CT molecular complexity index is 35.3. The van der Waals surface area contributed by atoms with Gasteiger partial charge in [0.2, 0.25) is 0 Å². The molecule has 0 aromatic rings. The molecule has 0 N–H and O–H groups in total. The maximum absolute atomic E-state index is 2.28. The minimum atomic E-state index is 0. The predicted molar refractivity (Wildman–Crippen MR) is 45.7 cm³/mol. The van der Waals surface area contributed by atoms with E-state index in [1.807, 2.05) is 0 Å². The van der Waals surface area contributed by atoms with Crippen LogP contribution in [0.15, 0.2) is 0 Å². The molecule has 0 nitrogen and oxygen atoms in total. The largest absolute Gasteiger partial charge is 0.0776 e. The molecule has 0 aromatic heterocycles. The van der Waals surface area contributed by atoms with Crippen molar-refractivity contribution in [2.24, 2.45) is 5.92 Å². The van der Waals surface area contributed by atoms with Crippen LogP contribution in [-0.2, 0) is 0 Å². The second kappa shape index (κ2) is 8.00. The Labute approximate surface area is 60.7 Å². The summed E-state index contributed by atoms with van der Waals surface area (Å²) >= 11 is 0. The van der Waals surface area contributed by atoms with E-state index in [2.05, 4.69) is 20.8 Å². The molecule has 0 spiro atoms. The average molecular weight is 130 g/mol. The molecule has 0 fully saturated rings. The quantitative estimate of drug-likeness (QED) is 0.542. The second-order valence-electron chi connectivity index (χ2n) is 2.47. The molecule has 0 heteroatoms. The van der Waals surface area contributed by atoms with Gasteiger partial charge in [0.15, 0.2) is 0 Å². The molecule has 0 atom stereocenters. The summed E-state index contributed by atoms with van der Waals surface area (Å²) in [6.07, 6.45) is 5.51. The van der Waals surface area contributed by atoms with Gasteiger partial charge in [-0.3, -0.25) is 0 Å². The van der Waals surface area contributed by atoms with Gasteiger partial charge in [0.05, 0.1) is 0 Å². The zero-order valence-corrected chi connectivity index (χ0v) is 6.41. The summed E-state index contributed by atoms with van der Waals surface area (Å²) in [5.41, 5.74) is 0. The highest BCUT2D eigenvalue weighted by atomic mass is 14.0. The third-order valence-corrected chi connectivity index (χ3v) is 1.85. The normalized spacial score (nSPS) is 9.33. The van der Waals surface area contributed by atoms with Crippen molar-refractivity contribution in [3.05, 3.63) is 0 Å². The maximum atomic E-state index is 2.28. The van der Waals surface area contributed by atoms with Crippen LogP contribution in [0, 0.1) is 5.92 Å². The summed E-state index contributed by atoms with van der Waals surface area (Å²) < 4.78 is 0. The third-order valence-electron chi connectivity index (χ3n) is 1.85. The predicted octanol–water partition coefficient (Wildman–Crippen LogP) is 3.86. The first-order valence-electron chi connectivity index (χ1n) is 3.85. The van der Waals surface area contributed by atoms with E-state index in [1.165, 1.54) is 25.7 Å². The lowest BCUT2D eigenvalue weighted by molar-refractivity contribution is 0.451. The van der Waals surface area contributed by atoms with Gasteiger partial charge in [-0.1, -0.05) is 53.9 Å². The van der Waals surface area contributed by atoms with Crippen molar-refractivity contribution in [3.8, 4) is 0 Å². The smallest absolute Gasteiger partial charge is 0.0420 e. The van der Waals surface area contributed by atoms with Crippen LogP contribution in [0.1, 0.15) is 53.9 Å². The van der Waals surface area contributed by atoms with Crippen LogP contribution in [0.4, 0.5) is 0 Å². The van der Waals surface area contributed by atoms with Gasteiger partial charge in [0, 0.05) is 0 Å². The van der Waals surface area contributed by atoms with Gasteiger partial charge < -0.3 is 0 Å². The molecular weight excluding hydrogens is 108 g/mol. The van der Waals surface area contributed by atoms with Gasteiger partial charge >= 0.3 is 0 Å². The Morgan fingerprint density at radius 3 is 1.56 bits per heavy atom. The fourth-order valence-corrected chi connectivity index (χ4v) is 1.11.